The maximum absolute atomic E-state index is 14.9. The van der Waals surface area contributed by atoms with E-state index < -0.39 is 73.8 Å². The van der Waals surface area contributed by atoms with Crippen molar-refractivity contribution in [2.45, 2.75) is 146 Å². The molecule has 5 aromatic rings. The van der Waals surface area contributed by atoms with Gasteiger partial charge in [0.25, 0.3) is 11.9 Å². The van der Waals surface area contributed by atoms with E-state index in [-0.39, 0.29) is 25.4 Å². The lowest BCUT2D eigenvalue weighted by molar-refractivity contribution is -0.141. The molecular weight excluding hydrogens is 927 g/mol. The van der Waals surface area contributed by atoms with Crippen LogP contribution >= 0.6 is 11.3 Å². The molecule has 2 saturated carbocycles. The van der Waals surface area contributed by atoms with Gasteiger partial charge in [0.05, 0.1) is 22.5 Å². The molecule has 3 aromatic carbocycles. The molecule has 9 rings (SSSR count). The fourth-order valence-electron chi connectivity index (χ4n) is 9.56. The molecule has 0 spiro atoms. The number of rotatable bonds is 11. The molecule has 2 aliphatic carbocycles. The minimum atomic E-state index is -4.02. The van der Waals surface area contributed by atoms with Gasteiger partial charge in [0.2, 0.25) is 21.8 Å². The van der Waals surface area contributed by atoms with Crippen molar-refractivity contribution in [3.63, 3.8) is 0 Å². The number of thiazole rings is 1. The first-order valence-electron chi connectivity index (χ1n) is 24.5. The number of aromatic nitrogens is 3. The fraction of sp³-hybridized carbons (Fsp3) is 0.472. The summed E-state index contributed by atoms with van der Waals surface area (Å²) in [5.41, 5.74) is 4.40. The van der Waals surface area contributed by atoms with Gasteiger partial charge in [0.15, 0.2) is 0 Å². The molecule has 370 valence electrons. The summed E-state index contributed by atoms with van der Waals surface area (Å²) in [6.07, 6.45) is 7.22. The molecule has 70 heavy (non-hydrogen) atoms. The number of fused-ring (bicyclic) bond motifs is 3. The number of amides is 4. The molecular formula is C53H63N7O8S2. The third-order valence-electron chi connectivity index (χ3n) is 13.9. The topological polar surface area (TPSA) is 191 Å². The van der Waals surface area contributed by atoms with Gasteiger partial charge in [-0.25, -0.2) is 18.2 Å². The normalized spacial score (nSPS) is 24.1. The number of para-hydroxylation sites is 1. The second-order valence-electron chi connectivity index (χ2n) is 20.8. The number of imidazole rings is 1. The van der Waals surface area contributed by atoms with E-state index in [1.807, 2.05) is 67.0 Å². The van der Waals surface area contributed by atoms with Gasteiger partial charge in [-0.15, -0.1) is 11.3 Å². The average molecular weight is 990 g/mol. The number of carbonyl (C=O) groups is 4. The lowest BCUT2D eigenvalue weighted by Crippen LogP contribution is -2.58. The van der Waals surface area contributed by atoms with E-state index in [0.29, 0.717) is 50.1 Å². The largest absolute Gasteiger partial charge is 0.459 e. The second-order valence-corrected chi connectivity index (χ2v) is 23.9. The number of sulfonamides is 1. The van der Waals surface area contributed by atoms with Crippen molar-refractivity contribution in [2.24, 2.45) is 5.92 Å². The number of carbonyl (C=O) groups excluding carboxylic acids is 4. The molecule has 15 nitrogen and oxygen atoms in total. The second kappa shape index (κ2) is 19.3. The van der Waals surface area contributed by atoms with E-state index in [0.717, 1.165) is 51.3 Å². The highest BCUT2D eigenvalue weighted by atomic mass is 32.2. The molecule has 5 atom stereocenters. The highest BCUT2D eigenvalue weighted by Gasteiger charge is 2.63. The van der Waals surface area contributed by atoms with Gasteiger partial charge in [-0.1, -0.05) is 85.7 Å². The van der Waals surface area contributed by atoms with Crippen molar-refractivity contribution in [1.82, 2.24) is 34.8 Å². The van der Waals surface area contributed by atoms with E-state index in [1.54, 1.807) is 39.0 Å². The molecule has 0 unspecified atom stereocenters. The summed E-state index contributed by atoms with van der Waals surface area (Å²) in [6.45, 7) is 10.8. The molecule has 3 N–H and O–H groups in total. The summed E-state index contributed by atoms with van der Waals surface area (Å²) in [7, 11) is -4.02. The highest BCUT2D eigenvalue weighted by Crippen LogP contribution is 2.48. The monoisotopic (exact) mass is 989 g/mol. The van der Waals surface area contributed by atoms with E-state index in [4.69, 9.17) is 19.4 Å². The van der Waals surface area contributed by atoms with Crippen LogP contribution < -0.4 is 20.1 Å². The molecule has 2 aromatic heterocycles. The summed E-state index contributed by atoms with van der Waals surface area (Å²) in [5.74, 6) is -2.37. The number of nitrogens with zero attached hydrogens (tertiary/aromatic N) is 4. The quantitative estimate of drug-likeness (QED) is 0.108. The van der Waals surface area contributed by atoms with Gasteiger partial charge in [0.1, 0.15) is 39.9 Å². The van der Waals surface area contributed by atoms with Crippen molar-refractivity contribution in [3.8, 4) is 27.7 Å². The fourth-order valence-corrected chi connectivity index (χ4v) is 11.7. The van der Waals surface area contributed by atoms with E-state index in [2.05, 4.69) is 57.1 Å². The minimum Gasteiger partial charge on any atom is -0.459 e. The highest BCUT2D eigenvalue weighted by molar-refractivity contribution is 7.91. The van der Waals surface area contributed by atoms with Crippen LogP contribution in [0, 0.1) is 5.92 Å². The van der Waals surface area contributed by atoms with Crippen molar-refractivity contribution in [2.75, 3.05) is 6.54 Å². The first kappa shape index (κ1) is 48.9. The van der Waals surface area contributed by atoms with Crippen LogP contribution in [-0.4, -0.2) is 92.3 Å². The number of ether oxygens (including phenoxy) is 2. The van der Waals surface area contributed by atoms with Crippen LogP contribution in [0.1, 0.15) is 117 Å². The zero-order chi connectivity index (χ0) is 49.6. The Bertz CT molecular complexity index is 2920. The zero-order valence-electron chi connectivity index (χ0n) is 40.7. The average Bonchev–Trinajstić information content (AvgIpc) is 4.00. The Morgan fingerprint density at radius 2 is 1.70 bits per heavy atom. The third-order valence-corrected chi connectivity index (χ3v) is 17.0. The predicted octanol–water partition coefficient (Wildman–Crippen LogP) is 8.63. The first-order chi connectivity index (χ1) is 33.3. The van der Waals surface area contributed by atoms with E-state index in [9.17, 15) is 27.6 Å². The Labute approximate surface area is 413 Å². The lowest BCUT2D eigenvalue weighted by Gasteiger charge is -2.30. The van der Waals surface area contributed by atoms with Crippen LogP contribution in [0.3, 0.4) is 0 Å². The molecule has 1 saturated heterocycles. The van der Waals surface area contributed by atoms with Crippen molar-refractivity contribution < 1.29 is 37.1 Å². The Morgan fingerprint density at radius 1 is 0.957 bits per heavy atom. The summed E-state index contributed by atoms with van der Waals surface area (Å²) < 4.78 is 42.3. The number of benzene rings is 3. The number of hydrogen-bond acceptors (Lipinski definition) is 11. The van der Waals surface area contributed by atoms with Gasteiger partial charge in [-0.05, 0) is 109 Å². The zero-order valence-corrected chi connectivity index (χ0v) is 42.3. The smallest absolute Gasteiger partial charge is 0.408 e. The maximum atomic E-state index is 14.9. The third kappa shape index (κ3) is 10.4. The number of hydrogen-bond donors (Lipinski definition) is 3. The Morgan fingerprint density at radius 3 is 2.41 bits per heavy atom. The van der Waals surface area contributed by atoms with Crippen LogP contribution in [0.5, 0.6) is 6.01 Å². The summed E-state index contributed by atoms with van der Waals surface area (Å²) in [5, 5.41) is 8.62. The molecule has 2 aliphatic heterocycles. The molecule has 4 amide bonds. The molecule has 3 fully saturated rings. The first-order valence-corrected chi connectivity index (χ1v) is 26.8. The molecule has 0 bridgehead atoms. The standard InChI is InChI=1S/C53H63N7O8S2/c1-33(2)60-42-21-15-19-40(46-54-38(32-69-46)28-34-22-24-36(25-23-34)35-16-11-10-12-17-35)44(42)56-49(60)67-39-29-43-45(61)57-53(48(63)58-70(65,66)52(6)26-27-52)30-37(53)18-13-8-7-9-14-20-41(47(62)59(43)31-39)55-50(64)68-51(3,4)5/h10-13,15-19,21-25,32-33,37,39,41,43H,7-9,14,20,26-31H2,1-6H3,(H,55,64)(H,57,61)(H,58,63)/b18-13-/t37-,39-,41+,43+,53-/m1/s1. The number of allylic oxidation sites excluding steroid dienone is 1. The molecule has 0 radical (unpaired) electrons. The minimum absolute atomic E-state index is 0.0294. The van der Waals surface area contributed by atoms with Crippen LogP contribution in [0.15, 0.2) is 90.3 Å². The number of nitrogens with one attached hydrogen (secondary N) is 3. The van der Waals surface area contributed by atoms with E-state index >= 15 is 0 Å². The molecule has 4 heterocycles. The molecule has 4 aliphatic rings. The van der Waals surface area contributed by atoms with Crippen LogP contribution in [0.4, 0.5) is 4.79 Å². The van der Waals surface area contributed by atoms with Gasteiger partial charge < -0.3 is 25.0 Å². The molecule has 17 heteroatoms. The predicted molar refractivity (Wildman–Crippen MR) is 270 cm³/mol. The van der Waals surface area contributed by atoms with Gasteiger partial charge >= 0.3 is 6.09 Å². The lowest BCUT2D eigenvalue weighted by atomic mass is 10.0. The van der Waals surface area contributed by atoms with Crippen molar-refractivity contribution >= 4 is 56.2 Å². The van der Waals surface area contributed by atoms with Crippen molar-refractivity contribution in [3.05, 3.63) is 102 Å². The summed E-state index contributed by atoms with van der Waals surface area (Å²) >= 11 is 1.55. The Hall–Kier alpha value is -6.07. The summed E-state index contributed by atoms with van der Waals surface area (Å²) in [6, 6.07) is 22.8. The van der Waals surface area contributed by atoms with Crippen molar-refractivity contribution in [1.29, 1.82) is 0 Å². The Kier molecular flexibility index (Phi) is 13.5. The van der Waals surface area contributed by atoms with Gasteiger partial charge in [0, 0.05) is 35.7 Å². The van der Waals surface area contributed by atoms with Gasteiger partial charge in [-0.3, -0.25) is 23.7 Å². The van der Waals surface area contributed by atoms with Crippen LogP contribution in [0.25, 0.3) is 32.7 Å². The van der Waals surface area contributed by atoms with Gasteiger partial charge in [-0.2, -0.15) is 4.98 Å². The number of alkyl carbamates (subject to hydrolysis) is 1. The van der Waals surface area contributed by atoms with Crippen LogP contribution in [-0.2, 0) is 35.6 Å². The van der Waals surface area contributed by atoms with Crippen LogP contribution in [0.2, 0.25) is 0 Å². The maximum Gasteiger partial charge on any atom is 0.408 e. The SMILES string of the molecule is CC(C)n1c(O[C@@H]2C[C@H]3C(=O)N[C@]4(C(=O)NS(=O)(=O)C5(C)CC5)C[C@H]4/C=C\CCCCC[C@H](NC(=O)OC(C)(C)C)C(=O)N3C2)nc2c(-c3nc(Cc4ccc(-c5ccccc5)cc4)cs3)cccc21. The Balaban J connectivity index is 1.00. The summed E-state index contributed by atoms with van der Waals surface area (Å²) in [4.78, 5) is 68.5. The van der Waals surface area contributed by atoms with E-state index in [1.165, 1.54) is 4.90 Å².